The van der Waals surface area contributed by atoms with Crippen LogP contribution in [0.15, 0.2) is 36.8 Å². The zero-order valence-electron chi connectivity index (χ0n) is 15.0. The number of rotatable bonds is 5. The molecule has 0 unspecified atom stereocenters. The second kappa shape index (κ2) is 8.33. The lowest BCUT2D eigenvalue weighted by Gasteiger charge is -2.17. The summed E-state index contributed by atoms with van der Waals surface area (Å²) in [4.78, 5) is 15.9. The number of nitrogens with one attached hydrogen (secondary N) is 3. The second-order valence-electron chi connectivity index (χ2n) is 6.86. The van der Waals surface area contributed by atoms with Gasteiger partial charge in [0.2, 0.25) is 5.91 Å². The molecule has 3 N–H and O–H groups in total. The molecule has 8 heteroatoms. The molecule has 1 fully saturated rings. The maximum Gasteiger partial charge on any atom is 0.225 e. The third-order valence-corrected chi connectivity index (χ3v) is 5.36. The lowest BCUT2D eigenvalue weighted by molar-refractivity contribution is -0.124. The summed E-state index contributed by atoms with van der Waals surface area (Å²) in [5, 5.41) is 12.5. The minimum atomic E-state index is -0.0587. The van der Waals surface area contributed by atoms with Crippen LogP contribution in [-0.4, -0.2) is 40.3 Å². The first-order valence-electron chi connectivity index (χ1n) is 8.84. The Balaban J connectivity index is 0.00000210. The van der Waals surface area contributed by atoms with Crippen molar-refractivity contribution in [1.29, 1.82) is 0 Å². The minimum Gasteiger partial charge on any atom is -0.361 e. The van der Waals surface area contributed by atoms with Crippen LogP contribution in [0, 0.1) is 5.92 Å². The van der Waals surface area contributed by atoms with E-state index < -0.39 is 0 Å². The standard InChI is InChI=1S/C19H22ClN5O.ClH/c1-25-11-13(8-24-25)16-9-21-10-17(16)19(26)22-5-4-12-7-23-18-3-2-14(20)6-15(12)18;/h2-3,6-8,11,16-17,21,23H,4-5,9-10H2,1H3,(H,22,26);1H/t16-,17+;/m1./s1. The summed E-state index contributed by atoms with van der Waals surface area (Å²) in [7, 11) is 1.90. The largest absolute Gasteiger partial charge is 0.361 e. The molecule has 1 aliphatic heterocycles. The zero-order valence-corrected chi connectivity index (χ0v) is 16.6. The molecule has 0 saturated carbocycles. The predicted octanol–water partition coefficient (Wildman–Crippen LogP) is 2.64. The van der Waals surface area contributed by atoms with Crippen molar-refractivity contribution >= 4 is 40.8 Å². The monoisotopic (exact) mass is 407 g/mol. The van der Waals surface area contributed by atoms with Gasteiger partial charge in [0.1, 0.15) is 0 Å². The van der Waals surface area contributed by atoms with Crippen LogP contribution in [0.4, 0.5) is 0 Å². The summed E-state index contributed by atoms with van der Waals surface area (Å²) in [5.41, 5.74) is 3.34. The number of fused-ring (bicyclic) bond motifs is 1. The number of hydrogen-bond donors (Lipinski definition) is 3. The smallest absolute Gasteiger partial charge is 0.225 e. The zero-order chi connectivity index (χ0) is 18.1. The summed E-state index contributed by atoms with van der Waals surface area (Å²) < 4.78 is 1.78. The number of carbonyl (C=O) groups is 1. The van der Waals surface area contributed by atoms with Crippen LogP contribution in [0.1, 0.15) is 17.0 Å². The molecule has 4 rings (SSSR count). The van der Waals surface area contributed by atoms with Crippen molar-refractivity contribution in [3.8, 4) is 0 Å². The van der Waals surface area contributed by atoms with Crippen LogP contribution in [0.25, 0.3) is 10.9 Å². The molecular weight excluding hydrogens is 385 g/mol. The van der Waals surface area contributed by atoms with Gasteiger partial charge in [-0.2, -0.15) is 5.10 Å². The molecule has 144 valence electrons. The highest BCUT2D eigenvalue weighted by Gasteiger charge is 2.34. The Labute approximate surface area is 169 Å². The molecule has 0 radical (unpaired) electrons. The van der Waals surface area contributed by atoms with Crippen molar-refractivity contribution < 1.29 is 4.79 Å². The average molecular weight is 408 g/mol. The highest BCUT2D eigenvalue weighted by atomic mass is 35.5. The molecule has 0 bridgehead atoms. The summed E-state index contributed by atoms with van der Waals surface area (Å²) in [6, 6.07) is 5.81. The molecular formula is C19H23Cl2N5O. The van der Waals surface area contributed by atoms with E-state index in [4.69, 9.17) is 11.6 Å². The molecule has 27 heavy (non-hydrogen) atoms. The number of aromatic amines is 1. The highest BCUT2D eigenvalue weighted by Crippen LogP contribution is 2.28. The van der Waals surface area contributed by atoms with E-state index >= 15 is 0 Å². The van der Waals surface area contributed by atoms with Crippen molar-refractivity contribution in [2.45, 2.75) is 12.3 Å². The first-order valence-corrected chi connectivity index (χ1v) is 9.22. The fourth-order valence-corrected chi connectivity index (χ4v) is 3.92. The third-order valence-electron chi connectivity index (χ3n) is 5.13. The van der Waals surface area contributed by atoms with Gasteiger partial charge in [0.05, 0.1) is 12.1 Å². The predicted molar refractivity (Wildman–Crippen MR) is 110 cm³/mol. The SMILES string of the molecule is Cl.Cn1cc([C@H]2CNC[C@@H]2C(=O)NCCc2c[nH]c3ccc(Cl)cc23)cn1. The van der Waals surface area contributed by atoms with E-state index in [1.165, 1.54) is 0 Å². The Hall–Kier alpha value is -2.02. The van der Waals surface area contributed by atoms with E-state index in [1.54, 1.807) is 4.68 Å². The molecule has 2 aromatic heterocycles. The molecule has 1 amide bonds. The van der Waals surface area contributed by atoms with Crippen molar-refractivity contribution in [1.82, 2.24) is 25.4 Å². The number of carbonyl (C=O) groups excluding carboxylic acids is 1. The van der Waals surface area contributed by atoms with Crippen molar-refractivity contribution in [3.05, 3.63) is 52.9 Å². The number of H-pyrrole nitrogens is 1. The molecule has 6 nitrogen and oxygen atoms in total. The minimum absolute atomic E-state index is 0. The van der Waals surface area contributed by atoms with Crippen molar-refractivity contribution in [2.24, 2.45) is 13.0 Å². The van der Waals surface area contributed by atoms with Gasteiger partial charge in [-0.15, -0.1) is 12.4 Å². The normalized spacial score (nSPS) is 19.2. The van der Waals surface area contributed by atoms with Crippen LogP contribution in [0.3, 0.4) is 0 Å². The Morgan fingerprint density at radius 3 is 3.04 bits per heavy atom. The summed E-state index contributed by atoms with van der Waals surface area (Å²) in [6.45, 7) is 2.12. The van der Waals surface area contributed by atoms with E-state index in [0.717, 1.165) is 40.0 Å². The van der Waals surface area contributed by atoms with Crippen LogP contribution >= 0.6 is 24.0 Å². The molecule has 3 aromatic rings. The number of nitrogens with zero attached hydrogens (tertiary/aromatic N) is 2. The second-order valence-corrected chi connectivity index (χ2v) is 7.30. The Morgan fingerprint density at radius 1 is 1.41 bits per heavy atom. The molecule has 0 aliphatic carbocycles. The average Bonchev–Trinajstić information content (AvgIpc) is 3.34. The van der Waals surface area contributed by atoms with Gasteiger partial charge in [-0.3, -0.25) is 9.48 Å². The third kappa shape index (κ3) is 4.13. The molecule has 1 saturated heterocycles. The first-order chi connectivity index (χ1) is 12.6. The van der Waals surface area contributed by atoms with E-state index in [-0.39, 0.29) is 30.2 Å². The summed E-state index contributed by atoms with van der Waals surface area (Å²) in [6.07, 6.45) is 6.60. The molecule has 3 heterocycles. The number of aryl methyl sites for hydroxylation is 1. The molecule has 1 aliphatic rings. The van der Waals surface area contributed by atoms with Crippen LogP contribution in [0.5, 0.6) is 0 Å². The Kier molecular flexibility index (Phi) is 6.09. The number of benzene rings is 1. The lowest BCUT2D eigenvalue weighted by atomic mass is 9.90. The fraction of sp³-hybridized carbons (Fsp3) is 0.368. The van der Waals surface area contributed by atoms with Crippen LogP contribution in [-0.2, 0) is 18.3 Å². The lowest BCUT2D eigenvalue weighted by Crippen LogP contribution is -2.35. The molecule has 1 aromatic carbocycles. The summed E-state index contributed by atoms with van der Waals surface area (Å²) in [5.74, 6) is 0.217. The van der Waals surface area contributed by atoms with E-state index in [9.17, 15) is 4.79 Å². The van der Waals surface area contributed by atoms with Crippen molar-refractivity contribution in [3.63, 3.8) is 0 Å². The van der Waals surface area contributed by atoms with Gasteiger partial charge in [-0.05, 0) is 35.7 Å². The highest BCUT2D eigenvalue weighted by molar-refractivity contribution is 6.31. The van der Waals surface area contributed by atoms with Gasteiger partial charge in [0.15, 0.2) is 0 Å². The quantitative estimate of drug-likeness (QED) is 0.608. The molecule has 2 atom stereocenters. The van der Waals surface area contributed by atoms with Gasteiger partial charge < -0.3 is 15.6 Å². The summed E-state index contributed by atoms with van der Waals surface area (Å²) >= 11 is 6.10. The van der Waals surface area contributed by atoms with Crippen molar-refractivity contribution in [2.75, 3.05) is 19.6 Å². The van der Waals surface area contributed by atoms with Gasteiger partial charge in [0.25, 0.3) is 0 Å². The Morgan fingerprint density at radius 2 is 2.26 bits per heavy atom. The Bertz CT molecular complexity index is 935. The fourth-order valence-electron chi connectivity index (χ4n) is 3.74. The molecule has 0 spiro atoms. The number of amides is 1. The number of halogens is 2. The van der Waals surface area contributed by atoms with E-state index in [0.29, 0.717) is 13.1 Å². The maximum absolute atomic E-state index is 12.7. The first kappa shape index (κ1) is 19.7. The van der Waals surface area contributed by atoms with Gasteiger partial charge >= 0.3 is 0 Å². The number of hydrogen-bond acceptors (Lipinski definition) is 3. The van der Waals surface area contributed by atoms with E-state index in [2.05, 4.69) is 20.7 Å². The van der Waals surface area contributed by atoms with Gasteiger partial charge in [-0.25, -0.2) is 0 Å². The number of aromatic nitrogens is 3. The van der Waals surface area contributed by atoms with E-state index in [1.807, 2.05) is 43.8 Å². The maximum atomic E-state index is 12.7. The van der Waals surface area contributed by atoms with Gasteiger partial charge in [0, 0.05) is 60.9 Å². The van der Waals surface area contributed by atoms with Crippen LogP contribution in [0.2, 0.25) is 5.02 Å². The topological polar surface area (TPSA) is 74.7 Å². The van der Waals surface area contributed by atoms with Crippen LogP contribution < -0.4 is 10.6 Å². The van der Waals surface area contributed by atoms with Gasteiger partial charge in [-0.1, -0.05) is 11.6 Å².